The fraction of sp³-hybridized carbons (Fsp3) is 0.200. The van der Waals surface area contributed by atoms with Crippen LogP contribution in [0.3, 0.4) is 0 Å². The Morgan fingerprint density at radius 3 is 2.93 bits per heavy atom. The van der Waals surface area contributed by atoms with Gasteiger partial charge in [-0.05, 0) is 17.7 Å². The smallest absolute Gasteiger partial charge is 0.251 e. The Kier molecular flexibility index (Phi) is 3.01. The number of halogens is 1. The standard InChI is InChI=1S/C10H9BrN2O2/c1-14-9-4-7(5-11)2-3-8(9)10-13-12-6-15-10/h2-4,6H,5H2,1H3. The maximum Gasteiger partial charge on any atom is 0.251 e. The summed E-state index contributed by atoms with van der Waals surface area (Å²) in [6.07, 6.45) is 1.30. The van der Waals surface area contributed by atoms with E-state index in [9.17, 15) is 0 Å². The Morgan fingerprint density at radius 1 is 1.47 bits per heavy atom. The monoisotopic (exact) mass is 268 g/mol. The first-order valence-electron chi connectivity index (χ1n) is 4.34. The predicted molar refractivity (Wildman–Crippen MR) is 58.9 cm³/mol. The first-order valence-corrected chi connectivity index (χ1v) is 5.46. The lowest BCUT2D eigenvalue weighted by atomic mass is 10.1. The fourth-order valence-corrected chi connectivity index (χ4v) is 1.63. The number of methoxy groups -OCH3 is 1. The van der Waals surface area contributed by atoms with Gasteiger partial charge in [-0.3, -0.25) is 0 Å². The Morgan fingerprint density at radius 2 is 2.33 bits per heavy atom. The molecule has 4 nitrogen and oxygen atoms in total. The molecule has 15 heavy (non-hydrogen) atoms. The molecule has 1 aromatic heterocycles. The molecule has 0 bridgehead atoms. The fourth-order valence-electron chi connectivity index (χ4n) is 1.29. The highest BCUT2D eigenvalue weighted by Gasteiger charge is 2.10. The average Bonchev–Trinajstić information content (AvgIpc) is 2.81. The molecule has 0 amide bonds. The molecule has 0 aliphatic heterocycles. The molecule has 0 fully saturated rings. The van der Waals surface area contributed by atoms with Crippen molar-refractivity contribution in [3.05, 3.63) is 30.2 Å². The first-order chi connectivity index (χ1) is 7.35. The van der Waals surface area contributed by atoms with Crippen molar-refractivity contribution < 1.29 is 9.15 Å². The molecule has 0 atom stereocenters. The van der Waals surface area contributed by atoms with E-state index in [1.807, 2.05) is 18.2 Å². The van der Waals surface area contributed by atoms with Crippen molar-refractivity contribution in [3.8, 4) is 17.2 Å². The number of hydrogen-bond acceptors (Lipinski definition) is 4. The normalized spacial score (nSPS) is 10.3. The van der Waals surface area contributed by atoms with Gasteiger partial charge in [0.2, 0.25) is 6.39 Å². The molecular weight excluding hydrogens is 260 g/mol. The Balaban J connectivity index is 2.48. The highest BCUT2D eigenvalue weighted by molar-refractivity contribution is 9.08. The van der Waals surface area contributed by atoms with Crippen LogP contribution in [0.25, 0.3) is 11.5 Å². The van der Waals surface area contributed by atoms with Gasteiger partial charge >= 0.3 is 0 Å². The zero-order valence-corrected chi connectivity index (χ0v) is 9.69. The van der Waals surface area contributed by atoms with Gasteiger partial charge < -0.3 is 9.15 Å². The summed E-state index contributed by atoms with van der Waals surface area (Å²) in [5.41, 5.74) is 1.94. The molecule has 0 saturated carbocycles. The lowest BCUT2D eigenvalue weighted by Gasteiger charge is -2.06. The van der Waals surface area contributed by atoms with E-state index < -0.39 is 0 Å². The Hall–Kier alpha value is -1.36. The van der Waals surface area contributed by atoms with Crippen molar-refractivity contribution >= 4 is 15.9 Å². The summed E-state index contributed by atoms with van der Waals surface area (Å²) >= 11 is 3.39. The quantitative estimate of drug-likeness (QED) is 0.803. The summed E-state index contributed by atoms with van der Waals surface area (Å²) in [4.78, 5) is 0. The predicted octanol–water partition coefficient (Wildman–Crippen LogP) is 2.64. The SMILES string of the molecule is COc1cc(CBr)ccc1-c1nnco1. The number of benzene rings is 1. The number of aromatic nitrogens is 2. The van der Waals surface area contributed by atoms with E-state index in [2.05, 4.69) is 26.1 Å². The number of hydrogen-bond donors (Lipinski definition) is 0. The van der Waals surface area contributed by atoms with Gasteiger partial charge in [-0.2, -0.15) is 0 Å². The maximum atomic E-state index is 5.26. The van der Waals surface area contributed by atoms with Gasteiger partial charge in [0, 0.05) is 5.33 Å². The second kappa shape index (κ2) is 4.44. The second-order valence-corrected chi connectivity index (χ2v) is 3.47. The molecule has 0 radical (unpaired) electrons. The van der Waals surface area contributed by atoms with Gasteiger partial charge in [0.05, 0.1) is 12.7 Å². The topological polar surface area (TPSA) is 48.2 Å². The third-order valence-corrected chi connectivity index (χ3v) is 2.66. The Bertz CT molecular complexity index is 443. The van der Waals surface area contributed by atoms with Crippen molar-refractivity contribution in [3.63, 3.8) is 0 Å². The van der Waals surface area contributed by atoms with E-state index in [4.69, 9.17) is 9.15 Å². The maximum absolute atomic E-state index is 5.26. The highest BCUT2D eigenvalue weighted by Crippen LogP contribution is 2.29. The van der Waals surface area contributed by atoms with E-state index in [1.165, 1.54) is 6.39 Å². The van der Waals surface area contributed by atoms with Crippen molar-refractivity contribution in [2.75, 3.05) is 7.11 Å². The summed E-state index contributed by atoms with van der Waals surface area (Å²) in [6.45, 7) is 0. The minimum absolute atomic E-state index is 0.466. The van der Waals surface area contributed by atoms with Crippen molar-refractivity contribution in [2.24, 2.45) is 0 Å². The molecular formula is C10H9BrN2O2. The summed E-state index contributed by atoms with van der Waals surface area (Å²) in [5.74, 6) is 1.20. The molecule has 1 aromatic carbocycles. The summed E-state index contributed by atoms with van der Waals surface area (Å²) in [6, 6.07) is 5.83. The Labute approximate surface area is 95.4 Å². The third-order valence-electron chi connectivity index (χ3n) is 2.01. The van der Waals surface area contributed by atoms with E-state index in [0.717, 1.165) is 22.2 Å². The summed E-state index contributed by atoms with van der Waals surface area (Å²) in [5, 5.41) is 8.26. The van der Waals surface area contributed by atoms with Gasteiger partial charge in [-0.1, -0.05) is 22.0 Å². The van der Waals surface area contributed by atoms with Gasteiger partial charge in [-0.25, -0.2) is 0 Å². The van der Waals surface area contributed by atoms with Crippen LogP contribution >= 0.6 is 15.9 Å². The van der Waals surface area contributed by atoms with Gasteiger partial charge in [-0.15, -0.1) is 10.2 Å². The molecule has 0 aliphatic rings. The van der Waals surface area contributed by atoms with Gasteiger partial charge in [0.15, 0.2) is 0 Å². The largest absolute Gasteiger partial charge is 0.496 e. The van der Waals surface area contributed by atoms with E-state index in [0.29, 0.717) is 5.89 Å². The van der Waals surface area contributed by atoms with Crippen molar-refractivity contribution in [2.45, 2.75) is 5.33 Å². The molecule has 0 saturated heterocycles. The van der Waals surface area contributed by atoms with Crippen LogP contribution in [-0.4, -0.2) is 17.3 Å². The van der Waals surface area contributed by atoms with Crippen LogP contribution in [0.15, 0.2) is 29.0 Å². The highest BCUT2D eigenvalue weighted by atomic mass is 79.9. The van der Waals surface area contributed by atoms with Crippen molar-refractivity contribution in [1.29, 1.82) is 0 Å². The molecule has 78 valence electrons. The van der Waals surface area contributed by atoms with E-state index in [-0.39, 0.29) is 0 Å². The van der Waals surface area contributed by atoms with Crippen LogP contribution in [0.2, 0.25) is 0 Å². The molecule has 0 spiro atoms. The molecule has 2 rings (SSSR count). The summed E-state index contributed by atoms with van der Waals surface area (Å²) in [7, 11) is 1.62. The number of ether oxygens (including phenoxy) is 1. The third kappa shape index (κ3) is 2.02. The molecule has 0 N–H and O–H groups in total. The lowest BCUT2D eigenvalue weighted by Crippen LogP contribution is -1.90. The number of nitrogens with zero attached hydrogens (tertiary/aromatic N) is 2. The number of rotatable bonds is 3. The lowest BCUT2D eigenvalue weighted by molar-refractivity contribution is 0.414. The molecule has 2 aromatic rings. The zero-order valence-electron chi connectivity index (χ0n) is 8.11. The van der Waals surface area contributed by atoms with Gasteiger partial charge in [0.25, 0.3) is 5.89 Å². The van der Waals surface area contributed by atoms with Crippen LogP contribution in [0.1, 0.15) is 5.56 Å². The second-order valence-electron chi connectivity index (χ2n) is 2.91. The van der Waals surface area contributed by atoms with Crippen LogP contribution in [-0.2, 0) is 5.33 Å². The molecule has 5 heteroatoms. The zero-order chi connectivity index (χ0) is 10.7. The minimum Gasteiger partial charge on any atom is -0.496 e. The van der Waals surface area contributed by atoms with Crippen LogP contribution < -0.4 is 4.74 Å². The van der Waals surface area contributed by atoms with Crippen LogP contribution in [0.5, 0.6) is 5.75 Å². The van der Waals surface area contributed by atoms with Crippen LogP contribution in [0.4, 0.5) is 0 Å². The van der Waals surface area contributed by atoms with Crippen LogP contribution in [0, 0.1) is 0 Å². The first kappa shape index (κ1) is 10.2. The van der Waals surface area contributed by atoms with E-state index in [1.54, 1.807) is 7.11 Å². The summed E-state index contributed by atoms with van der Waals surface area (Å²) < 4.78 is 10.4. The molecule has 0 unspecified atom stereocenters. The molecule has 1 heterocycles. The number of alkyl halides is 1. The minimum atomic E-state index is 0.466. The van der Waals surface area contributed by atoms with Crippen molar-refractivity contribution in [1.82, 2.24) is 10.2 Å². The van der Waals surface area contributed by atoms with E-state index >= 15 is 0 Å². The average molecular weight is 269 g/mol. The van der Waals surface area contributed by atoms with Gasteiger partial charge in [0.1, 0.15) is 5.75 Å². The molecule has 0 aliphatic carbocycles.